The Bertz CT molecular complexity index is 2130. The van der Waals surface area contributed by atoms with E-state index in [2.05, 4.69) is 78.4 Å². The van der Waals surface area contributed by atoms with E-state index in [1.165, 1.54) is 11.1 Å². The number of rotatable bonds is 5. The molecule has 0 atom stereocenters. The third-order valence-corrected chi connectivity index (χ3v) is 7.81. The predicted molar refractivity (Wildman–Crippen MR) is 186 cm³/mol. The molecule has 0 bridgehead atoms. The van der Waals surface area contributed by atoms with Gasteiger partial charge in [0.05, 0.1) is 5.58 Å². The van der Waals surface area contributed by atoms with Gasteiger partial charge in [-0.15, -0.1) is 54.1 Å². The summed E-state index contributed by atoms with van der Waals surface area (Å²) in [5.74, 6) is 0. The van der Waals surface area contributed by atoms with Crippen LogP contribution in [0.2, 0.25) is 0 Å². The van der Waals surface area contributed by atoms with Gasteiger partial charge in [0.15, 0.2) is 0 Å². The number of fused-ring (bicyclic) bond motifs is 3. The quantitative estimate of drug-likeness (QED) is 0.163. The second kappa shape index (κ2) is 14.0. The third-order valence-electron chi connectivity index (χ3n) is 7.81. The number of aromatic nitrogens is 2. The summed E-state index contributed by atoms with van der Waals surface area (Å²) in [7, 11) is 0. The van der Waals surface area contributed by atoms with E-state index in [1.54, 1.807) is 12.3 Å². The summed E-state index contributed by atoms with van der Waals surface area (Å²) in [6.45, 7) is 10.2. The molecule has 0 aliphatic heterocycles. The first-order chi connectivity index (χ1) is 22.5. The Kier molecular flexibility index (Phi) is 9.19. The summed E-state index contributed by atoms with van der Waals surface area (Å²) >= 11 is 0. The summed E-state index contributed by atoms with van der Waals surface area (Å²) < 4.78 is 23.1. The van der Waals surface area contributed by atoms with Crippen LogP contribution < -0.4 is 0 Å². The molecular weight excluding hydrogens is 741 g/mol. The largest absolute Gasteiger partial charge is 0.501 e. The fourth-order valence-electron chi connectivity index (χ4n) is 5.63. The third kappa shape index (κ3) is 7.20. The molecule has 0 N–H and O–H groups in total. The number of nitrogens with zero attached hydrogens (tertiary/aromatic N) is 2. The van der Waals surface area contributed by atoms with Gasteiger partial charge in [-0.2, -0.15) is 0 Å². The van der Waals surface area contributed by atoms with Crippen LogP contribution in [0, 0.1) is 17.5 Å². The van der Waals surface area contributed by atoms with Crippen LogP contribution in [0.4, 0.5) is 0 Å². The van der Waals surface area contributed by atoms with Crippen molar-refractivity contribution in [3.63, 3.8) is 0 Å². The molecule has 7 aromatic rings. The van der Waals surface area contributed by atoms with Crippen LogP contribution in [-0.4, -0.2) is 9.97 Å². The zero-order valence-electron chi connectivity index (χ0n) is 28.8. The molecule has 0 amide bonds. The van der Waals surface area contributed by atoms with Gasteiger partial charge in [-0.05, 0) is 46.9 Å². The molecule has 0 aliphatic rings. The zero-order valence-corrected chi connectivity index (χ0v) is 29.2. The van der Waals surface area contributed by atoms with Crippen LogP contribution in [-0.2, 0) is 31.9 Å². The molecule has 4 heteroatoms. The molecule has 0 saturated carbocycles. The minimum absolute atomic E-state index is 0. The number of para-hydroxylation sites is 1. The van der Waals surface area contributed by atoms with Crippen molar-refractivity contribution in [3.8, 4) is 22.5 Å². The van der Waals surface area contributed by atoms with Gasteiger partial charge >= 0.3 is 0 Å². The topological polar surface area (TPSA) is 38.9 Å². The Labute approximate surface area is 288 Å². The van der Waals surface area contributed by atoms with Crippen LogP contribution >= 0.6 is 0 Å². The van der Waals surface area contributed by atoms with Crippen molar-refractivity contribution in [2.24, 2.45) is 5.41 Å². The summed E-state index contributed by atoms with van der Waals surface area (Å²) in [6.07, 6.45) is 2.02. The Morgan fingerprint density at radius 2 is 1.48 bits per heavy atom. The summed E-state index contributed by atoms with van der Waals surface area (Å²) in [5.41, 5.74) is 7.51. The molecule has 3 heterocycles. The van der Waals surface area contributed by atoms with Gasteiger partial charge < -0.3 is 14.4 Å². The Balaban J connectivity index is 0.000000188. The molecule has 3 aromatic heterocycles. The number of furan rings is 1. The average Bonchev–Trinajstić information content (AvgIpc) is 3.48. The smallest absolute Gasteiger partial charge is 0.120 e. The summed E-state index contributed by atoms with van der Waals surface area (Å²) in [5, 5.41) is 2.07. The number of benzene rings is 4. The van der Waals surface area contributed by atoms with Crippen LogP contribution in [0.25, 0.3) is 44.5 Å². The molecule has 0 saturated heterocycles. The Morgan fingerprint density at radius 1 is 0.717 bits per heavy atom. The minimum atomic E-state index is -1.48. The van der Waals surface area contributed by atoms with Crippen molar-refractivity contribution >= 4 is 21.9 Å². The maximum absolute atomic E-state index is 8.53. The second-order valence-electron chi connectivity index (χ2n) is 12.7. The van der Waals surface area contributed by atoms with E-state index < -0.39 is 11.8 Å². The molecular formula is C42H38IrN2O-2. The molecule has 233 valence electrons. The fourth-order valence-corrected chi connectivity index (χ4v) is 5.63. The van der Waals surface area contributed by atoms with Gasteiger partial charge in [-0.1, -0.05) is 117 Å². The van der Waals surface area contributed by atoms with Crippen LogP contribution in [0.3, 0.4) is 0 Å². The number of pyridine rings is 2. The van der Waals surface area contributed by atoms with Gasteiger partial charge in [0, 0.05) is 46.0 Å². The molecule has 1 radical (unpaired) electrons. The fraction of sp³-hybridized carbons (Fsp3) is 0.190. The van der Waals surface area contributed by atoms with Gasteiger partial charge in [0.25, 0.3) is 0 Å². The van der Waals surface area contributed by atoms with E-state index in [1.807, 2.05) is 93.7 Å². The first kappa shape index (κ1) is 30.3. The minimum Gasteiger partial charge on any atom is -0.501 e. The van der Waals surface area contributed by atoms with Crippen LogP contribution in [0.15, 0.2) is 132 Å². The second-order valence-corrected chi connectivity index (χ2v) is 12.7. The van der Waals surface area contributed by atoms with Crippen LogP contribution in [0.1, 0.15) is 54.1 Å². The first-order valence-corrected chi connectivity index (χ1v) is 15.3. The standard InChI is InChI=1S/C22H20NO.C20H18N.Ir/c1-22(2,3)14-15-11-12-23-19(13-15)18-9-6-8-17-16-7-4-5-10-20(16)24-21(17)18;1-20(2,17-12-7-4-8-13-17)18-14-9-15-21-19(18)16-10-5-3-6-11-16;/h4-8,10-13H,14H2,1-3H3;3-10,12-15H,1-2H3;/q2*-1;/i14D2;;. The number of hydrogen-bond acceptors (Lipinski definition) is 3. The van der Waals surface area contributed by atoms with Gasteiger partial charge in [0.2, 0.25) is 0 Å². The van der Waals surface area contributed by atoms with E-state index in [9.17, 15) is 0 Å². The molecule has 0 unspecified atom stereocenters. The van der Waals surface area contributed by atoms with Crippen molar-refractivity contribution in [1.82, 2.24) is 9.97 Å². The van der Waals surface area contributed by atoms with Gasteiger partial charge in [0.1, 0.15) is 5.58 Å². The number of hydrogen-bond donors (Lipinski definition) is 0. The van der Waals surface area contributed by atoms with Crippen molar-refractivity contribution in [2.75, 3.05) is 0 Å². The van der Waals surface area contributed by atoms with Crippen LogP contribution in [0.5, 0.6) is 0 Å². The summed E-state index contributed by atoms with van der Waals surface area (Å²) in [6, 6.07) is 44.6. The van der Waals surface area contributed by atoms with E-state index in [0.29, 0.717) is 11.3 Å². The average molecular weight is 781 g/mol. The van der Waals surface area contributed by atoms with Gasteiger partial charge in [-0.3, -0.25) is 0 Å². The monoisotopic (exact) mass is 781 g/mol. The molecule has 0 spiro atoms. The van der Waals surface area contributed by atoms with Gasteiger partial charge in [-0.25, -0.2) is 0 Å². The SMILES string of the molecule is CC(C)(c1ccccc1)c1cccnc1-c1[c-]cccc1.[2H]C([2H])(c1ccnc(-c2[c-]ccc3c2oc2ccccc23)c1)C(C)(C)C.[Ir]. The Morgan fingerprint density at radius 3 is 2.24 bits per heavy atom. The Hall–Kier alpha value is -4.37. The zero-order chi connectivity index (χ0) is 33.2. The maximum atomic E-state index is 8.53. The van der Waals surface area contributed by atoms with E-state index in [4.69, 9.17) is 7.16 Å². The van der Waals surface area contributed by atoms with E-state index >= 15 is 0 Å². The van der Waals surface area contributed by atoms with Crippen molar-refractivity contribution < 1.29 is 27.3 Å². The van der Waals surface area contributed by atoms with Crippen molar-refractivity contribution in [1.29, 1.82) is 0 Å². The van der Waals surface area contributed by atoms with E-state index in [-0.39, 0.29) is 25.5 Å². The predicted octanol–water partition coefficient (Wildman–Crippen LogP) is 10.9. The molecule has 46 heavy (non-hydrogen) atoms. The molecule has 4 aromatic carbocycles. The van der Waals surface area contributed by atoms with Crippen molar-refractivity contribution in [2.45, 2.75) is 46.4 Å². The normalized spacial score (nSPS) is 12.5. The van der Waals surface area contributed by atoms with Crippen molar-refractivity contribution in [3.05, 3.63) is 156 Å². The molecule has 0 aliphatic carbocycles. The molecule has 7 rings (SSSR count). The first-order valence-electron chi connectivity index (χ1n) is 16.3. The maximum Gasteiger partial charge on any atom is 0.120 e. The molecule has 0 fully saturated rings. The summed E-state index contributed by atoms with van der Waals surface area (Å²) in [4.78, 5) is 9.08. The molecule has 3 nitrogen and oxygen atoms in total. The van der Waals surface area contributed by atoms with E-state index in [0.717, 1.165) is 38.8 Å².